The summed E-state index contributed by atoms with van der Waals surface area (Å²) < 4.78 is 22.1. The molecule has 0 radical (unpaired) electrons. The zero-order chi connectivity index (χ0) is 8.70. The van der Waals surface area contributed by atoms with E-state index in [4.69, 9.17) is 0 Å². The van der Waals surface area contributed by atoms with Crippen molar-refractivity contribution in [3.63, 3.8) is 0 Å². The summed E-state index contributed by atoms with van der Waals surface area (Å²) in [6, 6.07) is 0. The lowest BCUT2D eigenvalue weighted by atomic mass is 9.85. The third-order valence-corrected chi connectivity index (χ3v) is 4.50. The lowest BCUT2D eigenvalue weighted by Gasteiger charge is -2.23. The number of aliphatic hydroxyl groups excluding tert-OH is 1. The van der Waals surface area contributed by atoms with Gasteiger partial charge < -0.3 is 5.11 Å². The Balaban J connectivity index is 2.90. The van der Waals surface area contributed by atoms with Crippen molar-refractivity contribution in [2.24, 2.45) is 5.41 Å². The van der Waals surface area contributed by atoms with Crippen molar-refractivity contribution in [1.82, 2.24) is 0 Å². The molecule has 4 heteroatoms. The van der Waals surface area contributed by atoms with Crippen molar-refractivity contribution < 1.29 is 13.5 Å². The fourth-order valence-electron chi connectivity index (χ4n) is 1.44. The Morgan fingerprint density at radius 2 is 2.18 bits per heavy atom. The van der Waals surface area contributed by atoms with Gasteiger partial charge in [0, 0.05) is 5.41 Å². The Kier molecular flexibility index (Phi) is 2.01. The van der Waals surface area contributed by atoms with Crippen LogP contribution in [0.15, 0.2) is 0 Å². The van der Waals surface area contributed by atoms with Crippen LogP contribution >= 0.6 is 0 Å². The first-order valence-corrected chi connectivity index (χ1v) is 5.60. The molecular formula is C7H14O3S. The summed E-state index contributed by atoms with van der Waals surface area (Å²) in [7, 11) is -2.97. The Labute approximate surface area is 67.3 Å². The molecule has 66 valence electrons. The molecule has 11 heavy (non-hydrogen) atoms. The molecule has 0 aromatic heterocycles. The van der Waals surface area contributed by atoms with E-state index >= 15 is 0 Å². The van der Waals surface area contributed by atoms with Gasteiger partial charge in [0.15, 0.2) is 9.84 Å². The summed E-state index contributed by atoms with van der Waals surface area (Å²) in [6.45, 7) is 3.73. The van der Waals surface area contributed by atoms with E-state index in [1.165, 1.54) is 0 Å². The smallest absolute Gasteiger partial charge is 0.153 e. The number of rotatable bonds is 1. The van der Waals surface area contributed by atoms with E-state index in [1.807, 2.05) is 13.8 Å². The molecule has 0 bridgehead atoms. The zero-order valence-corrected chi connectivity index (χ0v) is 7.69. The summed E-state index contributed by atoms with van der Waals surface area (Å²) in [6.07, 6.45) is 0.0467. The van der Waals surface area contributed by atoms with E-state index in [-0.39, 0.29) is 11.5 Å². The SMILES string of the molecule is CCC1(C)CS(=O)(=O)CC1O. The molecule has 0 spiro atoms. The van der Waals surface area contributed by atoms with Gasteiger partial charge in [-0.05, 0) is 6.42 Å². The van der Waals surface area contributed by atoms with E-state index in [1.54, 1.807) is 0 Å². The van der Waals surface area contributed by atoms with Crippen LogP contribution in [-0.4, -0.2) is 31.1 Å². The van der Waals surface area contributed by atoms with Crippen molar-refractivity contribution in [2.45, 2.75) is 26.4 Å². The predicted molar refractivity (Wildman–Crippen MR) is 43.1 cm³/mol. The largest absolute Gasteiger partial charge is 0.391 e. The molecule has 0 amide bonds. The van der Waals surface area contributed by atoms with Crippen LogP contribution in [0, 0.1) is 5.41 Å². The molecule has 1 N–H and O–H groups in total. The molecular weight excluding hydrogens is 164 g/mol. The molecule has 0 aliphatic carbocycles. The third kappa shape index (κ3) is 1.56. The van der Waals surface area contributed by atoms with Crippen molar-refractivity contribution in [3.8, 4) is 0 Å². The Morgan fingerprint density at radius 1 is 1.64 bits per heavy atom. The molecule has 0 aromatic rings. The van der Waals surface area contributed by atoms with Crippen LogP contribution in [0.4, 0.5) is 0 Å². The van der Waals surface area contributed by atoms with Gasteiger partial charge in [-0.1, -0.05) is 13.8 Å². The average Bonchev–Trinajstić information content (AvgIpc) is 2.03. The zero-order valence-electron chi connectivity index (χ0n) is 6.87. The van der Waals surface area contributed by atoms with E-state index < -0.39 is 21.4 Å². The van der Waals surface area contributed by atoms with Crippen LogP contribution < -0.4 is 0 Å². The minimum Gasteiger partial charge on any atom is -0.391 e. The van der Waals surface area contributed by atoms with Crippen LogP contribution in [0.25, 0.3) is 0 Å². The molecule has 3 nitrogen and oxygen atoms in total. The summed E-state index contributed by atoms with van der Waals surface area (Å²) >= 11 is 0. The first kappa shape index (κ1) is 9.00. The number of hydrogen-bond acceptors (Lipinski definition) is 3. The number of hydrogen-bond donors (Lipinski definition) is 1. The Hall–Kier alpha value is -0.0900. The van der Waals surface area contributed by atoms with Gasteiger partial charge in [0.2, 0.25) is 0 Å². The molecule has 2 atom stereocenters. The van der Waals surface area contributed by atoms with Gasteiger partial charge in [-0.3, -0.25) is 0 Å². The number of aliphatic hydroxyl groups is 1. The highest BCUT2D eigenvalue weighted by Gasteiger charge is 2.44. The van der Waals surface area contributed by atoms with Crippen LogP contribution in [0.3, 0.4) is 0 Å². The van der Waals surface area contributed by atoms with Gasteiger partial charge in [-0.25, -0.2) is 8.42 Å². The van der Waals surface area contributed by atoms with Crippen LogP contribution in [-0.2, 0) is 9.84 Å². The van der Waals surface area contributed by atoms with E-state index in [0.717, 1.165) is 0 Å². The highest BCUT2D eigenvalue weighted by Crippen LogP contribution is 2.34. The third-order valence-electron chi connectivity index (χ3n) is 2.57. The predicted octanol–water partition coefficient (Wildman–Crippen LogP) is 0.192. The van der Waals surface area contributed by atoms with Gasteiger partial charge in [0.05, 0.1) is 17.6 Å². The molecule has 1 saturated heterocycles. The quantitative estimate of drug-likeness (QED) is 0.623. The first-order valence-electron chi connectivity index (χ1n) is 3.78. The Morgan fingerprint density at radius 3 is 2.36 bits per heavy atom. The fourth-order valence-corrected chi connectivity index (χ4v) is 3.84. The van der Waals surface area contributed by atoms with E-state index in [2.05, 4.69) is 0 Å². The molecule has 2 unspecified atom stereocenters. The summed E-state index contributed by atoms with van der Waals surface area (Å²) in [5.41, 5.74) is -0.404. The van der Waals surface area contributed by atoms with Crippen molar-refractivity contribution in [3.05, 3.63) is 0 Å². The lowest BCUT2D eigenvalue weighted by molar-refractivity contribution is 0.0801. The van der Waals surface area contributed by atoms with Crippen LogP contribution in [0.1, 0.15) is 20.3 Å². The minimum atomic E-state index is -2.97. The van der Waals surface area contributed by atoms with Crippen molar-refractivity contribution in [1.29, 1.82) is 0 Å². The standard InChI is InChI=1S/C7H14O3S/c1-3-7(2)5-11(9,10)4-6(7)8/h6,8H,3-5H2,1-2H3. The lowest BCUT2D eigenvalue weighted by Crippen LogP contribution is -2.29. The van der Waals surface area contributed by atoms with Gasteiger partial charge in [-0.15, -0.1) is 0 Å². The maximum Gasteiger partial charge on any atom is 0.153 e. The topological polar surface area (TPSA) is 54.4 Å². The van der Waals surface area contributed by atoms with Crippen LogP contribution in [0.2, 0.25) is 0 Å². The number of sulfone groups is 1. The van der Waals surface area contributed by atoms with Crippen LogP contribution in [0.5, 0.6) is 0 Å². The minimum absolute atomic E-state index is 0.0582. The second kappa shape index (κ2) is 2.45. The molecule has 1 fully saturated rings. The van der Waals surface area contributed by atoms with Crippen molar-refractivity contribution in [2.75, 3.05) is 11.5 Å². The normalized spacial score (nSPS) is 42.6. The summed E-state index contributed by atoms with van der Waals surface area (Å²) in [5.74, 6) is 0.0784. The maximum atomic E-state index is 11.1. The van der Waals surface area contributed by atoms with E-state index in [9.17, 15) is 13.5 Å². The molecule has 0 saturated carbocycles. The first-order chi connectivity index (χ1) is 4.90. The maximum absolute atomic E-state index is 11.1. The molecule has 0 aromatic carbocycles. The fraction of sp³-hybridized carbons (Fsp3) is 1.00. The van der Waals surface area contributed by atoms with Gasteiger partial charge >= 0.3 is 0 Å². The van der Waals surface area contributed by atoms with Crippen molar-refractivity contribution >= 4 is 9.84 Å². The molecule has 1 heterocycles. The van der Waals surface area contributed by atoms with Gasteiger partial charge in [-0.2, -0.15) is 0 Å². The second-order valence-electron chi connectivity index (χ2n) is 3.58. The monoisotopic (exact) mass is 178 g/mol. The highest BCUT2D eigenvalue weighted by atomic mass is 32.2. The highest BCUT2D eigenvalue weighted by molar-refractivity contribution is 7.91. The summed E-state index contributed by atoms with van der Waals surface area (Å²) in [4.78, 5) is 0. The summed E-state index contributed by atoms with van der Waals surface area (Å²) in [5, 5.41) is 9.40. The van der Waals surface area contributed by atoms with Gasteiger partial charge in [0.1, 0.15) is 0 Å². The van der Waals surface area contributed by atoms with Gasteiger partial charge in [0.25, 0.3) is 0 Å². The van der Waals surface area contributed by atoms with E-state index in [0.29, 0.717) is 6.42 Å². The second-order valence-corrected chi connectivity index (χ2v) is 5.69. The molecule has 1 aliphatic rings. The Bertz CT molecular complexity index is 244. The molecule has 1 aliphatic heterocycles. The molecule has 1 rings (SSSR count). The average molecular weight is 178 g/mol.